The fourth-order valence-corrected chi connectivity index (χ4v) is 3.92. The number of carbonyl (C=O) groups excluding carboxylic acids is 1. The van der Waals surface area contributed by atoms with E-state index in [1.54, 1.807) is 7.11 Å². The SMILES string of the molecule is CCN(CC)C(=O)C1CN(C(=S)NC(C)C)CC1c1cccc(OC)c1. The molecule has 2 atom stereocenters. The minimum absolute atomic E-state index is 0.102. The Labute approximate surface area is 162 Å². The molecule has 0 radical (unpaired) electrons. The molecule has 1 heterocycles. The monoisotopic (exact) mass is 377 g/mol. The van der Waals surface area contributed by atoms with Gasteiger partial charge >= 0.3 is 0 Å². The molecule has 0 aromatic heterocycles. The van der Waals surface area contributed by atoms with Crippen molar-refractivity contribution >= 4 is 23.2 Å². The molecule has 1 aliphatic heterocycles. The summed E-state index contributed by atoms with van der Waals surface area (Å²) in [5, 5.41) is 4.03. The van der Waals surface area contributed by atoms with Gasteiger partial charge in [0, 0.05) is 38.1 Å². The highest BCUT2D eigenvalue weighted by Crippen LogP contribution is 2.35. The van der Waals surface area contributed by atoms with Crippen molar-refractivity contribution in [1.82, 2.24) is 15.1 Å². The number of methoxy groups -OCH3 is 1. The lowest BCUT2D eigenvalue weighted by molar-refractivity contribution is -0.135. The molecule has 1 saturated heterocycles. The second-order valence-corrected chi connectivity index (χ2v) is 7.40. The Morgan fingerprint density at radius 3 is 2.62 bits per heavy atom. The standard InChI is InChI=1S/C20H31N3O2S/c1-6-22(7-2)19(24)18-13-23(20(26)21-14(3)4)12-17(18)15-9-8-10-16(11-15)25-5/h8-11,14,17-18H,6-7,12-13H2,1-5H3,(H,21,26). The first-order valence-electron chi connectivity index (χ1n) is 9.39. The highest BCUT2D eigenvalue weighted by atomic mass is 32.1. The summed E-state index contributed by atoms with van der Waals surface area (Å²) >= 11 is 5.57. The van der Waals surface area contributed by atoms with Gasteiger partial charge in [0.15, 0.2) is 5.11 Å². The lowest BCUT2D eigenvalue weighted by atomic mass is 9.88. The topological polar surface area (TPSA) is 44.8 Å². The zero-order chi connectivity index (χ0) is 19.3. The third kappa shape index (κ3) is 4.67. The van der Waals surface area contributed by atoms with E-state index in [0.717, 1.165) is 36.1 Å². The molecule has 5 nitrogen and oxygen atoms in total. The fraction of sp³-hybridized carbons (Fsp3) is 0.600. The zero-order valence-electron chi connectivity index (χ0n) is 16.5. The van der Waals surface area contributed by atoms with E-state index in [9.17, 15) is 4.79 Å². The summed E-state index contributed by atoms with van der Waals surface area (Å²) in [6.45, 7) is 11.0. The summed E-state index contributed by atoms with van der Waals surface area (Å²) in [6.07, 6.45) is 0. The van der Waals surface area contributed by atoms with Gasteiger partial charge in [0.05, 0.1) is 13.0 Å². The van der Waals surface area contributed by atoms with E-state index in [1.165, 1.54) is 0 Å². The van der Waals surface area contributed by atoms with Crippen LogP contribution in [-0.4, -0.2) is 60.2 Å². The third-order valence-electron chi connectivity index (χ3n) is 4.93. The Kier molecular flexibility index (Phi) is 7.26. The van der Waals surface area contributed by atoms with E-state index in [-0.39, 0.29) is 23.8 Å². The van der Waals surface area contributed by atoms with Crippen LogP contribution in [0, 0.1) is 5.92 Å². The number of nitrogens with zero attached hydrogens (tertiary/aromatic N) is 2. The largest absolute Gasteiger partial charge is 0.497 e. The highest BCUT2D eigenvalue weighted by Gasteiger charge is 2.41. The van der Waals surface area contributed by atoms with E-state index in [4.69, 9.17) is 17.0 Å². The quantitative estimate of drug-likeness (QED) is 0.773. The molecule has 1 aliphatic rings. The van der Waals surface area contributed by atoms with E-state index in [1.807, 2.05) is 36.9 Å². The maximum Gasteiger partial charge on any atom is 0.228 e. The number of amides is 1. The Hall–Kier alpha value is -1.82. The van der Waals surface area contributed by atoms with Crippen LogP contribution in [0.5, 0.6) is 5.75 Å². The second-order valence-electron chi connectivity index (χ2n) is 7.01. The number of hydrogen-bond donors (Lipinski definition) is 1. The van der Waals surface area contributed by atoms with Crippen LogP contribution in [0.2, 0.25) is 0 Å². The van der Waals surface area contributed by atoms with E-state index in [2.05, 4.69) is 30.1 Å². The van der Waals surface area contributed by atoms with Crippen LogP contribution in [-0.2, 0) is 4.79 Å². The molecule has 1 N–H and O–H groups in total. The Balaban J connectivity index is 2.30. The molecule has 0 aliphatic carbocycles. The summed E-state index contributed by atoms with van der Waals surface area (Å²) in [6, 6.07) is 8.31. The van der Waals surface area contributed by atoms with Gasteiger partial charge < -0.3 is 19.9 Å². The highest BCUT2D eigenvalue weighted by molar-refractivity contribution is 7.80. The van der Waals surface area contributed by atoms with Crippen LogP contribution in [0.1, 0.15) is 39.2 Å². The third-order valence-corrected chi connectivity index (χ3v) is 5.31. The molecule has 6 heteroatoms. The number of hydrogen-bond acceptors (Lipinski definition) is 3. The molecule has 26 heavy (non-hydrogen) atoms. The first-order chi connectivity index (χ1) is 12.4. The lowest BCUT2D eigenvalue weighted by Crippen LogP contribution is -2.43. The average Bonchev–Trinajstić information content (AvgIpc) is 3.07. The number of carbonyl (C=O) groups is 1. The molecule has 1 amide bonds. The molecule has 144 valence electrons. The number of thiocarbonyl (C=S) groups is 1. The second kappa shape index (κ2) is 9.21. The van der Waals surface area contributed by atoms with Crippen molar-refractivity contribution in [2.75, 3.05) is 33.3 Å². The van der Waals surface area contributed by atoms with Crippen molar-refractivity contribution in [3.63, 3.8) is 0 Å². The molecule has 0 saturated carbocycles. The van der Waals surface area contributed by atoms with Crippen LogP contribution in [0.15, 0.2) is 24.3 Å². The molecule has 1 fully saturated rings. The number of nitrogens with one attached hydrogen (secondary N) is 1. The first-order valence-corrected chi connectivity index (χ1v) is 9.80. The maximum atomic E-state index is 13.1. The summed E-state index contributed by atoms with van der Waals surface area (Å²) < 4.78 is 5.38. The number of rotatable bonds is 6. The summed E-state index contributed by atoms with van der Waals surface area (Å²) in [5.41, 5.74) is 1.13. The number of likely N-dealkylation sites (tertiary alicyclic amines) is 1. The fourth-order valence-electron chi connectivity index (χ4n) is 3.54. The van der Waals surface area contributed by atoms with Gasteiger partial charge in [0.1, 0.15) is 5.75 Å². The van der Waals surface area contributed by atoms with Crippen LogP contribution < -0.4 is 10.1 Å². The van der Waals surface area contributed by atoms with Gasteiger partial charge in [-0.15, -0.1) is 0 Å². The smallest absolute Gasteiger partial charge is 0.228 e. The lowest BCUT2D eigenvalue weighted by Gasteiger charge is -2.26. The van der Waals surface area contributed by atoms with E-state index >= 15 is 0 Å². The van der Waals surface area contributed by atoms with Crippen LogP contribution in [0.4, 0.5) is 0 Å². The predicted octanol–water partition coefficient (Wildman–Crippen LogP) is 2.86. The molecule has 0 spiro atoms. The summed E-state index contributed by atoms with van der Waals surface area (Å²) in [7, 11) is 1.67. The summed E-state index contributed by atoms with van der Waals surface area (Å²) in [5.74, 6) is 1.02. The van der Waals surface area contributed by atoms with E-state index < -0.39 is 0 Å². The van der Waals surface area contributed by atoms with Gasteiger partial charge in [-0.25, -0.2) is 0 Å². The van der Waals surface area contributed by atoms with Crippen LogP contribution in [0.3, 0.4) is 0 Å². The Morgan fingerprint density at radius 1 is 1.35 bits per heavy atom. The van der Waals surface area contributed by atoms with Crippen molar-refractivity contribution in [2.45, 2.75) is 39.7 Å². The number of ether oxygens (including phenoxy) is 1. The van der Waals surface area contributed by atoms with Crippen molar-refractivity contribution < 1.29 is 9.53 Å². The van der Waals surface area contributed by atoms with Gasteiger partial charge in [0.25, 0.3) is 0 Å². The molecular formula is C20H31N3O2S. The molecule has 1 aromatic carbocycles. The van der Waals surface area contributed by atoms with Crippen LogP contribution in [0.25, 0.3) is 0 Å². The first kappa shape index (κ1) is 20.5. The van der Waals surface area contributed by atoms with Crippen LogP contribution >= 0.6 is 12.2 Å². The Morgan fingerprint density at radius 2 is 2.04 bits per heavy atom. The van der Waals surface area contributed by atoms with Crippen molar-refractivity contribution in [1.29, 1.82) is 0 Å². The predicted molar refractivity (Wildman–Crippen MR) is 110 cm³/mol. The van der Waals surface area contributed by atoms with Crippen molar-refractivity contribution in [3.8, 4) is 5.75 Å². The van der Waals surface area contributed by atoms with Gasteiger partial charge in [-0.3, -0.25) is 4.79 Å². The number of benzene rings is 1. The van der Waals surface area contributed by atoms with E-state index in [0.29, 0.717) is 6.54 Å². The minimum atomic E-state index is -0.103. The normalized spacial score (nSPS) is 19.5. The molecule has 0 bridgehead atoms. The van der Waals surface area contributed by atoms with Gasteiger partial charge in [-0.2, -0.15) is 0 Å². The van der Waals surface area contributed by atoms with Gasteiger partial charge in [-0.1, -0.05) is 12.1 Å². The average molecular weight is 378 g/mol. The molecule has 1 aromatic rings. The van der Waals surface area contributed by atoms with Crippen molar-refractivity contribution in [2.24, 2.45) is 5.92 Å². The maximum absolute atomic E-state index is 13.1. The summed E-state index contributed by atoms with van der Waals surface area (Å²) in [4.78, 5) is 17.2. The van der Waals surface area contributed by atoms with Gasteiger partial charge in [0.2, 0.25) is 5.91 Å². The molecule has 2 unspecified atom stereocenters. The van der Waals surface area contributed by atoms with Gasteiger partial charge in [-0.05, 0) is 57.6 Å². The van der Waals surface area contributed by atoms with Crippen molar-refractivity contribution in [3.05, 3.63) is 29.8 Å². The zero-order valence-corrected chi connectivity index (χ0v) is 17.3. The molecule has 2 rings (SSSR count). The Bertz CT molecular complexity index is 631. The molecular weight excluding hydrogens is 346 g/mol. The minimum Gasteiger partial charge on any atom is -0.497 e.